The Hall–Kier alpha value is -2.50. The van der Waals surface area contributed by atoms with Gasteiger partial charge in [0.15, 0.2) is 0 Å². The maximum atomic E-state index is 11.7. The summed E-state index contributed by atoms with van der Waals surface area (Å²) in [4.78, 5) is 23.2. The van der Waals surface area contributed by atoms with E-state index in [0.717, 1.165) is 12.8 Å². The normalized spacial score (nSPS) is 12.3. The maximum Gasteiger partial charge on any atom is 0.385 e. The zero-order chi connectivity index (χ0) is 19.4. The Bertz CT molecular complexity index is 647. The molecule has 140 valence electrons. The van der Waals surface area contributed by atoms with Crippen molar-refractivity contribution in [1.82, 2.24) is 0 Å². The zero-order valence-corrected chi connectivity index (χ0v) is 15.2. The maximum absolute atomic E-state index is 11.7. The van der Waals surface area contributed by atoms with Crippen LogP contribution in [0.2, 0.25) is 0 Å². The van der Waals surface area contributed by atoms with Gasteiger partial charge in [-0.25, -0.2) is 4.79 Å². The van der Waals surface area contributed by atoms with E-state index in [1.54, 1.807) is 60.7 Å². The molecule has 0 aliphatic heterocycles. The van der Waals surface area contributed by atoms with Crippen LogP contribution in [0.5, 0.6) is 5.75 Å². The number of hydrogen-bond acceptors (Lipinski definition) is 5. The van der Waals surface area contributed by atoms with E-state index in [1.165, 1.54) is 0 Å². The summed E-state index contributed by atoms with van der Waals surface area (Å²) in [5.41, 5.74) is 0.327. The molecule has 5 heteroatoms. The molecule has 2 unspecified atom stereocenters. The van der Waals surface area contributed by atoms with Gasteiger partial charge in [0.1, 0.15) is 5.75 Å². The average molecular weight is 358 g/mol. The van der Waals surface area contributed by atoms with Crippen molar-refractivity contribution in [2.24, 2.45) is 0 Å². The smallest absolute Gasteiger partial charge is 0.385 e. The van der Waals surface area contributed by atoms with Crippen molar-refractivity contribution < 1.29 is 24.5 Å². The molecule has 0 aliphatic rings. The number of ether oxygens (including phenoxy) is 1. The molecule has 26 heavy (non-hydrogen) atoms. The quantitative estimate of drug-likeness (QED) is 0.343. The van der Waals surface area contributed by atoms with Crippen molar-refractivity contribution in [3.8, 4) is 5.75 Å². The number of esters is 1. The number of rotatable bonds is 7. The van der Waals surface area contributed by atoms with Gasteiger partial charge < -0.3 is 14.9 Å². The third-order valence-corrected chi connectivity index (χ3v) is 3.66. The van der Waals surface area contributed by atoms with E-state index < -0.39 is 11.8 Å². The molecule has 0 bridgehead atoms. The van der Waals surface area contributed by atoms with Crippen LogP contribution in [0.15, 0.2) is 60.7 Å². The first-order valence-electron chi connectivity index (χ1n) is 8.70. The number of carbonyl (C=O) groups excluding carboxylic acids is 2. The highest BCUT2D eigenvalue weighted by atomic mass is 16.5. The van der Waals surface area contributed by atoms with Gasteiger partial charge in [-0.3, -0.25) is 4.79 Å². The van der Waals surface area contributed by atoms with Crippen LogP contribution in [-0.2, 0) is 4.79 Å². The standard InChI is InChI=1S/C14H10O3.C7H16O2/c15-13(11-7-3-1-4-8-11)14(16)17-12-9-5-2-6-10-12;1-3-6(8)5-7(9)4-2/h1-10H;6-9H,3-5H2,1-2H3. The van der Waals surface area contributed by atoms with E-state index in [9.17, 15) is 9.59 Å². The molecule has 2 aromatic rings. The van der Waals surface area contributed by atoms with Crippen LogP contribution in [0, 0.1) is 0 Å². The first-order chi connectivity index (χ1) is 12.5. The Kier molecular flexibility index (Phi) is 9.90. The van der Waals surface area contributed by atoms with Crippen LogP contribution in [0.25, 0.3) is 0 Å². The third kappa shape index (κ3) is 8.05. The van der Waals surface area contributed by atoms with Crippen LogP contribution in [0.3, 0.4) is 0 Å². The third-order valence-electron chi connectivity index (χ3n) is 3.66. The molecule has 0 spiro atoms. The van der Waals surface area contributed by atoms with Crippen molar-refractivity contribution in [2.75, 3.05) is 0 Å². The molecule has 0 heterocycles. The van der Waals surface area contributed by atoms with Crippen LogP contribution in [0.4, 0.5) is 0 Å². The molecule has 0 saturated carbocycles. The largest absolute Gasteiger partial charge is 0.421 e. The van der Waals surface area contributed by atoms with Gasteiger partial charge in [0.2, 0.25) is 0 Å². The number of benzene rings is 2. The van der Waals surface area contributed by atoms with Gasteiger partial charge in [0.25, 0.3) is 5.78 Å². The van der Waals surface area contributed by atoms with Crippen LogP contribution in [0.1, 0.15) is 43.5 Å². The second kappa shape index (κ2) is 12.0. The minimum atomic E-state index is -0.873. The van der Waals surface area contributed by atoms with Gasteiger partial charge in [-0.05, 0) is 31.4 Å². The minimum Gasteiger partial charge on any atom is -0.421 e. The number of aliphatic hydroxyl groups is 2. The average Bonchev–Trinajstić information content (AvgIpc) is 2.69. The summed E-state index contributed by atoms with van der Waals surface area (Å²) in [6.07, 6.45) is 1.35. The lowest BCUT2D eigenvalue weighted by atomic mass is 10.1. The predicted octanol–water partition coefficient (Wildman–Crippen LogP) is 3.39. The molecule has 5 nitrogen and oxygen atoms in total. The molecule has 0 amide bonds. The van der Waals surface area contributed by atoms with E-state index in [1.807, 2.05) is 13.8 Å². The Balaban J connectivity index is 0.000000321. The summed E-state index contributed by atoms with van der Waals surface area (Å²) < 4.78 is 4.94. The molecule has 0 aromatic heterocycles. The van der Waals surface area contributed by atoms with E-state index in [4.69, 9.17) is 14.9 Å². The number of Topliss-reactive ketones (excluding diaryl/α,β-unsaturated/α-hetero) is 1. The van der Waals surface area contributed by atoms with Gasteiger partial charge in [-0.1, -0.05) is 62.4 Å². The van der Waals surface area contributed by atoms with Gasteiger partial charge in [-0.15, -0.1) is 0 Å². The topological polar surface area (TPSA) is 83.8 Å². The van der Waals surface area contributed by atoms with E-state index in [-0.39, 0.29) is 12.2 Å². The Morgan fingerprint density at radius 1 is 0.846 bits per heavy atom. The molecule has 2 aromatic carbocycles. The second-order valence-corrected chi connectivity index (χ2v) is 5.76. The lowest BCUT2D eigenvalue weighted by Crippen LogP contribution is -2.20. The fourth-order valence-electron chi connectivity index (χ4n) is 2.00. The van der Waals surface area contributed by atoms with E-state index in [0.29, 0.717) is 17.7 Å². The fourth-order valence-corrected chi connectivity index (χ4v) is 2.00. The molecule has 2 atom stereocenters. The molecule has 0 fully saturated rings. The summed E-state index contributed by atoms with van der Waals surface area (Å²) in [6, 6.07) is 16.8. The van der Waals surface area contributed by atoms with Crippen molar-refractivity contribution >= 4 is 11.8 Å². The lowest BCUT2D eigenvalue weighted by Gasteiger charge is -2.11. The van der Waals surface area contributed by atoms with Gasteiger partial charge >= 0.3 is 5.97 Å². The zero-order valence-electron chi connectivity index (χ0n) is 15.2. The number of aliphatic hydroxyl groups excluding tert-OH is 2. The predicted molar refractivity (Wildman–Crippen MR) is 100 cm³/mol. The van der Waals surface area contributed by atoms with Crippen molar-refractivity contribution in [2.45, 2.75) is 45.3 Å². The summed E-state index contributed by atoms with van der Waals surface area (Å²) >= 11 is 0. The molecular formula is C21H26O5. The van der Waals surface area contributed by atoms with Gasteiger partial charge in [0, 0.05) is 5.56 Å². The second-order valence-electron chi connectivity index (χ2n) is 5.76. The van der Waals surface area contributed by atoms with E-state index >= 15 is 0 Å². The molecule has 2 rings (SSSR count). The Morgan fingerprint density at radius 3 is 1.77 bits per heavy atom. The van der Waals surface area contributed by atoms with Crippen molar-refractivity contribution in [1.29, 1.82) is 0 Å². The van der Waals surface area contributed by atoms with Gasteiger partial charge in [-0.2, -0.15) is 0 Å². The highest BCUT2D eigenvalue weighted by Crippen LogP contribution is 2.10. The summed E-state index contributed by atoms with van der Waals surface area (Å²) in [6.45, 7) is 3.82. The summed E-state index contributed by atoms with van der Waals surface area (Å²) in [5, 5.41) is 18.0. The van der Waals surface area contributed by atoms with Crippen molar-refractivity contribution in [3.05, 3.63) is 66.2 Å². The highest BCUT2D eigenvalue weighted by molar-refractivity contribution is 6.41. The van der Waals surface area contributed by atoms with Crippen molar-refractivity contribution in [3.63, 3.8) is 0 Å². The Labute approximate surface area is 154 Å². The summed E-state index contributed by atoms with van der Waals surface area (Å²) in [7, 11) is 0. The molecule has 0 aliphatic carbocycles. The molecule has 0 saturated heterocycles. The fraction of sp³-hybridized carbons (Fsp3) is 0.333. The SMILES string of the molecule is CCC(O)CC(O)CC.O=C(Oc1ccccc1)C(=O)c1ccccc1. The van der Waals surface area contributed by atoms with Gasteiger partial charge in [0.05, 0.1) is 12.2 Å². The van der Waals surface area contributed by atoms with Crippen LogP contribution in [-0.4, -0.2) is 34.2 Å². The van der Waals surface area contributed by atoms with E-state index in [2.05, 4.69) is 0 Å². The summed E-state index contributed by atoms with van der Waals surface area (Å²) in [5.74, 6) is -1.15. The van der Waals surface area contributed by atoms with Crippen LogP contribution >= 0.6 is 0 Å². The number of ketones is 1. The lowest BCUT2D eigenvalue weighted by molar-refractivity contribution is -0.129. The highest BCUT2D eigenvalue weighted by Gasteiger charge is 2.17. The number of hydrogen-bond donors (Lipinski definition) is 2. The molecule has 0 radical (unpaired) electrons. The first-order valence-corrected chi connectivity index (χ1v) is 8.70. The first kappa shape index (κ1) is 21.5. The Morgan fingerprint density at radius 2 is 1.31 bits per heavy atom. The number of carbonyl (C=O) groups is 2. The molecular weight excluding hydrogens is 332 g/mol. The van der Waals surface area contributed by atoms with Crippen LogP contribution < -0.4 is 4.74 Å². The monoisotopic (exact) mass is 358 g/mol. The molecule has 2 N–H and O–H groups in total. The number of para-hydroxylation sites is 1. The minimum absolute atomic E-state index is 0.319.